The maximum Gasteiger partial charge on any atom is 0.170 e. The molecule has 0 radical (unpaired) electrons. The zero-order chi connectivity index (χ0) is 30.2. The minimum atomic E-state index is -0.0322. The lowest BCUT2D eigenvalue weighted by Crippen LogP contribution is -1.76. The number of aliphatic hydroxyl groups excluding tert-OH is 1. The summed E-state index contributed by atoms with van der Waals surface area (Å²) in [5.41, 5.74) is 0. The highest BCUT2D eigenvalue weighted by atomic mass is 16.4. The molecule has 0 spiro atoms. The topological polar surface area (TPSA) is 125 Å². The van der Waals surface area contributed by atoms with E-state index in [4.69, 9.17) is 35.3 Å². The van der Waals surface area contributed by atoms with Crippen LogP contribution in [0.25, 0.3) is 81.0 Å². The van der Waals surface area contributed by atoms with Crippen molar-refractivity contribution in [2.75, 3.05) is 0 Å². The summed E-state index contributed by atoms with van der Waals surface area (Å²) in [7, 11) is 0. The smallest absolute Gasteiger partial charge is 0.170 e. The molecule has 0 aromatic carbocycles. The third-order valence-electron chi connectivity index (χ3n) is 6.92. The van der Waals surface area contributed by atoms with Crippen LogP contribution in [0.5, 0.6) is 0 Å². The quantitative estimate of drug-likeness (QED) is 0.127. The Hall–Kier alpha value is -6.48. The molecule has 0 fully saturated rings. The molecular weight excluding hydrogens is 576 g/mol. The molecule has 0 aliphatic carbocycles. The molecule has 0 saturated heterocycles. The van der Waals surface area contributed by atoms with Gasteiger partial charge >= 0.3 is 0 Å². The Kier molecular flexibility index (Phi) is 6.38. The second kappa shape index (κ2) is 11.0. The van der Waals surface area contributed by atoms with Gasteiger partial charge < -0.3 is 40.4 Å². The summed E-state index contributed by atoms with van der Waals surface area (Å²) in [5, 5.41) is 10.4. The highest BCUT2D eigenvalue weighted by molar-refractivity contribution is 5.66. The molecule has 1 N–H and O–H groups in total. The van der Waals surface area contributed by atoms with E-state index in [0.717, 1.165) is 0 Å². The Morgan fingerprint density at radius 1 is 0.422 bits per heavy atom. The third-order valence-corrected chi connectivity index (χ3v) is 6.92. The second-order valence-corrected chi connectivity index (χ2v) is 9.89. The Balaban J connectivity index is 0.932. The lowest BCUT2D eigenvalue weighted by molar-refractivity contribution is 0.456. The Morgan fingerprint density at radius 2 is 0.822 bits per heavy atom. The first kappa shape index (κ1) is 26.2. The number of hydrogen-bond donors (Lipinski definition) is 1. The first-order chi connectivity index (χ1) is 22.2. The van der Waals surface area contributed by atoms with Crippen LogP contribution >= 0.6 is 0 Å². The summed E-state index contributed by atoms with van der Waals surface area (Å²) >= 11 is 0. The van der Waals surface area contributed by atoms with E-state index < -0.39 is 0 Å². The van der Waals surface area contributed by atoms with Crippen LogP contribution in [0, 0.1) is 0 Å². The number of hydrogen-bond acceptors (Lipinski definition) is 9. The third kappa shape index (κ3) is 5.19. The van der Waals surface area contributed by atoms with Crippen LogP contribution in [0.2, 0.25) is 0 Å². The van der Waals surface area contributed by atoms with Gasteiger partial charge in [-0.3, -0.25) is 0 Å². The monoisotopic (exact) mass is 598 g/mol. The Bertz CT molecular complexity index is 2230. The molecule has 0 aliphatic heterocycles. The van der Waals surface area contributed by atoms with Gasteiger partial charge in [-0.15, -0.1) is 0 Å². The predicted molar refractivity (Wildman–Crippen MR) is 163 cm³/mol. The average molecular weight is 599 g/mol. The molecule has 0 atom stereocenters. The van der Waals surface area contributed by atoms with E-state index in [-0.39, 0.29) is 5.76 Å². The molecule has 0 unspecified atom stereocenters. The first-order valence-corrected chi connectivity index (χ1v) is 13.9. The molecule has 0 amide bonds. The summed E-state index contributed by atoms with van der Waals surface area (Å²) in [4.78, 5) is 0. The minimum Gasteiger partial charge on any atom is -0.504 e. The van der Waals surface area contributed by atoms with Crippen molar-refractivity contribution >= 4 is 11.8 Å². The fraction of sp³-hybridized carbons (Fsp3) is 0. The van der Waals surface area contributed by atoms with Crippen LogP contribution in [0.3, 0.4) is 0 Å². The molecule has 8 aromatic heterocycles. The van der Waals surface area contributed by atoms with E-state index in [1.165, 1.54) is 6.08 Å². The number of furan rings is 8. The van der Waals surface area contributed by atoms with Crippen LogP contribution < -0.4 is 0 Å². The molecule has 8 heterocycles. The molecule has 8 rings (SSSR count). The van der Waals surface area contributed by atoms with Crippen molar-refractivity contribution in [3.8, 4) is 69.1 Å². The van der Waals surface area contributed by atoms with Crippen LogP contribution in [0.15, 0.2) is 157 Å². The van der Waals surface area contributed by atoms with Crippen molar-refractivity contribution in [1.82, 2.24) is 0 Å². The molecule has 9 nitrogen and oxygen atoms in total. The lowest BCUT2D eigenvalue weighted by Gasteiger charge is -1.94. The zero-order valence-electron chi connectivity index (χ0n) is 23.3. The minimum absolute atomic E-state index is 0.0322. The van der Waals surface area contributed by atoms with Crippen molar-refractivity contribution < 1.29 is 40.4 Å². The summed E-state index contributed by atoms with van der Waals surface area (Å²) in [6.07, 6.45) is 8.05. The fourth-order valence-corrected chi connectivity index (χ4v) is 4.75. The van der Waals surface area contributed by atoms with E-state index in [0.29, 0.717) is 80.6 Å². The van der Waals surface area contributed by atoms with Gasteiger partial charge in [-0.25, -0.2) is 0 Å². The number of allylic oxidation sites excluding steroid dienone is 2. The molecular formula is C36H22O9. The highest BCUT2D eigenvalue weighted by Crippen LogP contribution is 2.36. The van der Waals surface area contributed by atoms with Gasteiger partial charge in [0.2, 0.25) is 0 Å². The summed E-state index contributed by atoms with van der Waals surface area (Å²) in [6, 6.07) is 28.7. The van der Waals surface area contributed by atoms with Gasteiger partial charge in [0, 0.05) is 0 Å². The molecule has 8 aromatic rings. The van der Waals surface area contributed by atoms with E-state index in [9.17, 15) is 5.11 Å². The van der Waals surface area contributed by atoms with Crippen LogP contribution in [0.4, 0.5) is 0 Å². The van der Waals surface area contributed by atoms with Crippen molar-refractivity contribution in [2.45, 2.75) is 0 Å². The SMILES string of the molecule is O/C(=C\C=C\c1ccc(-c2ccc(-c3ccc(-c4ccc(-c5ccc(-c6ccco6)o5)o4)o3)o2)o1)c1ccc(-c2ccco2)o1. The summed E-state index contributed by atoms with van der Waals surface area (Å²) in [6.45, 7) is 0. The fourth-order valence-electron chi connectivity index (χ4n) is 4.75. The molecule has 0 saturated carbocycles. The van der Waals surface area contributed by atoms with Crippen molar-refractivity contribution in [3.63, 3.8) is 0 Å². The standard InChI is InChI=1S/C36H22O9/c37-23(24-10-11-27(41-24)25-6-2-20-38-25)5-1-4-22-8-9-29(40-22)30-14-15-33(43-30)34-18-19-36(45-34)35-17-16-32(44-35)31-13-12-28(42-31)26-7-3-21-39-26/h1-21,37H/b4-1+,23-5-. The molecule has 0 bridgehead atoms. The normalized spacial score (nSPS) is 12.1. The van der Waals surface area contributed by atoms with E-state index in [2.05, 4.69) is 0 Å². The van der Waals surface area contributed by atoms with Gasteiger partial charge in [-0.2, -0.15) is 0 Å². The maximum absolute atomic E-state index is 10.4. The van der Waals surface area contributed by atoms with Gasteiger partial charge in [0.15, 0.2) is 80.6 Å². The van der Waals surface area contributed by atoms with Crippen molar-refractivity contribution in [1.29, 1.82) is 0 Å². The van der Waals surface area contributed by atoms with Gasteiger partial charge in [0.05, 0.1) is 12.5 Å². The van der Waals surface area contributed by atoms with Crippen LogP contribution in [0.1, 0.15) is 11.5 Å². The zero-order valence-corrected chi connectivity index (χ0v) is 23.3. The van der Waals surface area contributed by atoms with E-state index >= 15 is 0 Å². The lowest BCUT2D eigenvalue weighted by atomic mass is 10.3. The largest absolute Gasteiger partial charge is 0.504 e. The number of aliphatic hydroxyl groups is 1. The molecule has 45 heavy (non-hydrogen) atoms. The molecule has 0 aliphatic rings. The summed E-state index contributed by atoms with van der Waals surface area (Å²) in [5.74, 6) is 7.60. The predicted octanol–water partition coefficient (Wildman–Crippen LogP) is 11.0. The van der Waals surface area contributed by atoms with Crippen molar-refractivity contribution in [3.05, 3.63) is 133 Å². The van der Waals surface area contributed by atoms with Crippen LogP contribution in [-0.4, -0.2) is 5.11 Å². The maximum atomic E-state index is 10.4. The first-order valence-electron chi connectivity index (χ1n) is 13.9. The van der Waals surface area contributed by atoms with Gasteiger partial charge in [-0.05, 0) is 109 Å². The Labute approximate surface area is 254 Å². The summed E-state index contributed by atoms with van der Waals surface area (Å²) < 4.78 is 46.2. The van der Waals surface area contributed by atoms with Gasteiger partial charge in [0.1, 0.15) is 5.76 Å². The van der Waals surface area contributed by atoms with E-state index in [1.54, 1.807) is 67.1 Å². The number of rotatable bonds is 9. The van der Waals surface area contributed by atoms with E-state index in [1.807, 2.05) is 54.6 Å². The van der Waals surface area contributed by atoms with Crippen LogP contribution in [-0.2, 0) is 0 Å². The van der Waals surface area contributed by atoms with Gasteiger partial charge in [0.25, 0.3) is 0 Å². The average Bonchev–Trinajstić information content (AvgIpc) is 3.91. The highest BCUT2D eigenvalue weighted by Gasteiger charge is 2.17. The molecule has 220 valence electrons. The van der Waals surface area contributed by atoms with Crippen molar-refractivity contribution in [2.24, 2.45) is 0 Å². The molecule has 9 heteroatoms. The van der Waals surface area contributed by atoms with Gasteiger partial charge in [-0.1, -0.05) is 6.08 Å². The Morgan fingerprint density at radius 3 is 1.29 bits per heavy atom. The second-order valence-electron chi connectivity index (χ2n) is 9.89.